The Morgan fingerprint density at radius 1 is 1.20 bits per heavy atom. The average Bonchev–Trinajstić information content (AvgIpc) is 2.91. The predicted octanol–water partition coefficient (Wildman–Crippen LogP) is 4.54. The largest absolute Gasteiger partial charge is 0.323 e. The van der Waals surface area contributed by atoms with Gasteiger partial charge in [-0.3, -0.25) is 9.69 Å². The van der Waals surface area contributed by atoms with Crippen LogP contribution in [0.25, 0.3) is 6.08 Å². The summed E-state index contributed by atoms with van der Waals surface area (Å²) in [6.07, 6.45) is 17.6. The predicted molar refractivity (Wildman–Crippen MR) is 124 cm³/mol. The number of nitrogens with zero attached hydrogens (tertiary/aromatic N) is 3. The van der Waals surface area contributed by atoms with Crippen LogP contribution in [-0.2, 0) is 24.3 Å². The normalized spacial score (nSPS) is 13.1. The van der Waals surface area contributed by atoms with Crippen LogP contribution in [0.3, 0.4) is 0 Å². The van der Waals surface area contributed by atoms with Crippen LogP contribution in [0.5, 0.6) is 0 Å². The first-order valence-corrected chi connectivity index (χ1v) is 11.3. The van der Waals surface area contributed by atoms with Gasteiger partial charge in [-0.05, 0) is 56.5 Å². The number of rotatable bonds is 12. The van der Waals surface area contributed by atoms with E-state index in [0.29, 0.717) is 0 Å². The van der Waals surface area contributed by atoms with Gasteiger partial charge in [0.15, 0.2) is 0 Å². The molecule has 168 valence electrons. The van der Waals surface area contributed by atoms with E-state index in [-0.39, 0.29) is 0 Å². The third kappa shape index (κ3) is 8.78. The van der Waals surface area contributed by atoms with Crippen LogP contribution in [0.1, 0.15) is 70.1 Å². The Balaban J connectivity index is 0.00000141. The Bertz CT molecular complexity index is 704. The number of hydrogen-bond donors (Lipinski definition) is 2. The summed E-state index contributed by atoms with van der Waals surface area (Å²) in [5, 5.41) is 7.32. The number of carbonyl (C=O) groups is 1. The molecule has 6 heteroatoms. The number of aryl methyl sites for hydroxylation is 1. The lowest BCUT2D eigenvalue weighted by atomic mass is 10.1. The SMILES string of the molecule is CCCCc1nc2n(c1CN(CCC)CCCC)CC=CC(/C=C/C=O)=C2.CNO. The number of nitrogens with one attached hydrogen (secondary N) is 1. The smallest absolute Gasteiger partial charge is 0.142 e. The Labute approximate surface area is 182 Å². The van der Waals surface area contributed by atoms with E-state index in [1.807, 2.05) is 6.08 Å². The molecule has 0 radical (unpaired) electrons. The molecule has 0 saturated heterocycles. The fraction of sp³-hybridized carbons (Fsp3) is 0.583. The first-order valence-electron chi connectivity index (χ1n) is 11.3. The van der Waals surface area contributed by atoms with Crippen LogP contribution >= 0.6 is 0 Å². The molecule has 0 aromatic carbocycles. The minimum Gasteiger partial charge on any atom is -0.323 e. The molecule has 2 N–H and O–H groups in total. The van der Waals surface area contributed by atoms with Gasteiger partial charge in [-0.15, -0.1) is 0 Å². The van der Waals surface area contributed by atoms with E-state index in [4.69, 9.17) is 10.2 Å². The second-order valence-electron chi connectivity index (χ2n) is 7.47. The highest BCUT2D eigenvalue weighted by Crippen LogP contribution is 2.22. The van der Waals surface area contributed by atoms with Gasteiger partial charge in [0.2, 0.25) is 0 Å². The van der Waals surface area contributed by atoms with Crippen molar-refractivity contribution in [1.29, 1.82) is 0 Å². The average molecular weight is 417 g/mol. The van der Waals surface area contributed by atoms with Crippen LogP contribution in [0.2, 0.25) is 0 Å². The summed E-state index contributed by atoms with van der Waals surface area (Å²) in [7, 11) is 1.43. The summed E-state index contributed by atoms with van der Waals surface area (Å²) < 4.78 is 2.36. The highest BCUT2D eigenvalue weighted by molar-refractivity contribution is 5.68. The van der Waals surface area contributed by atoms with E-state index in [2.05, 4.69) is 48.5 Å². The lowest BCUT2D eigenvalue weighted by Gasteiger charge is -2.23. The van der Waals surface area contributed by atoms with E-state index >= 15 is 0 Å². The van der Waals surface area contributed by atoms with E-state index in [9.17, 15) is 4.79 Å². The molecule has 30 heavy (non-hydrogen) atoms. The molecule has 0 unspecified atom stereocenters. The van der Waals surface area contributed by atoms with Gasteiger partial charge in [0.05, 0.1) is 11.4 Å². The lowest BCUT2D eigenvalue weighted by Crippen LogP contribution is -2.27. The van der Waals surface area contributed by atoms with Crippen molar-refractivity contribution in [2.45, 2.75) is 72.4 Å². The topological polar surface area (TPSA) is 70.4 Å². The number of carbonyl (C=O) groups excluding carboxylic acids is 1. The Morgan fingerprint density at radius 2 is 1.93 bits per heavy atom. The molecular formula is C24H40N4O2. The zero-order valence-electron chi connectivity index (χ0n) is 19.2. The summed E-state index contributed by atoms with van der Waals surface area (Å²) in [5.74, 6) is 1.01. The van der Waals surface area contributed by atoms with Gasteiger partial charge in [-0.25, -0.2) is 10.5 Å². The third-order valence-electron chi connectivity index (χ3n) is 4.95. The number of aromatic nitrogens is 2. The number of aldehydes is 1. The minimum absolute atomic E-state index is 0.820. The summed E-state index contributed by atoms with van der Waals surface area (Å²) >= 11 is 0. The summed E-state index contributed by atoms with van der Waals surface area (Å²) in [4.78, 5) is 18.2. The molecule has 0 spiro atoms. The minimum atomic E-state index is 0.820. The van der Waals surface area contributed by atoms with Crippen molar-refractivity contribution < 1.29 is 10.0 Å². The van der Waals surface area contributed by atoms with E-state index in [0.717, 1.165) is 50.3 Å². The van der Waals surface area contributed by atoms with Crippen molar-refractivity contribution in [1.82, 2.24) is 19.9 Å². The second-order valence-corrected chi connectivity index (χ2v) is 7.47. The van der Waals surface area contributed by atoms with Crippen LogP contribution in [0.4, 0.5) is 0 Å². The molecule has 0 bridgehead atoms. The molecule has 0 fully saturated rings. The first-order chi connectivity index (χ1) is 14.6. The molecular weight excluding hydrogens is 376 g/mol. The zero-order chi connectivity index (χ0) is 22.2. The number of unbranched alkanes of at least 4 members (excludes halogenated alkanes) is 2. The van der Waals surface area contributed by atoms with Crippen molar-refractivity contribution in [3.63, 3.8) is 0 Å². The standard InChI is InChI=1S/C23H35N3O.CH5NO/c1-4-7-13-21-22(19-25(14-6-3)15-8-5-2)26-16-9-11-20(12-10-17-27)18-23(26)24-21;1-2-3/h9-12,17-18H,4-8,13-16,19H2,1-3H3;2-3H,1H3/b12-10+;. The van der Waals surface area contributed by atoms with Crippen molar-refractivity contribution in [3.8, 4) is 0 Å². The van der Waals surface area contributed by atoms with Gasteiger partial charge in [0.1, 0.15) is 12.1 Å². The molecule has 0 atom stereocenters. The summed E-state index contributed by atoms with van der Waals surface area (Å²) in [6, 6.07) is 0. The maximum Gasteiger partial charge on any atom is 0.142 e. The van der Waals surface area contributed by atoms with E-state index < -0.39 is 0 Å². The van der Waals surface area contributed by atoms with Gasteiger partial charge in [-0.1, -0.05) is 51.8 Å². The Hall–Kier alpha value is -2.02. The molecule has 1 aliphatic heterocycles. The van der Waals surface area contributed by atoms with E-state index in [1.54, 1.807) is 11.6 Å². The molecule has 2 rings (SSSR count). The molecule has 6 nitrogen and oxygen atoms in total. The summed E-state index contributed by atoms with van der Waals surface area (Å²) in [6.45, 7) is 10.8. The quantitative estimate of drug-likeness (QED) is 0.297. The van der Waals surface area contributed by atoms with Crippen molar-refractivity contribution in [2.24, 2.45) is 0 Å². The van der Waals surface area contributed by atoms with Crippen LogP contribution in [0.15, 0.2) is 29.9 Å². The van der Waals surface area contributed by atoms with Gasteiger partial charge in [0, 0.05) is 20.1 Å². The number of hydroxylamine groups is 1. The third-order valence-corrected chi connectivity index (χ3v) is 4.95. The number of imidazole rings is 1. The van der Waals surface area contributed by atoms with Gasteiger partial charge in [-0.2, -0.15) is 0 Å². The highest BCUT2D eigenvalue weighted by Gasteiger charge is 2.18. The second kappa shape index (κ2) is 15.8. The fourth-order valence-electron chi connectivity index (χ4n) is 3.52. The Kier molecular flexibility index (Phi) is 13.7. The highest BCUT2D eigenvalue weighted by atomic mass is 16.5. The molecule has 0 saturated carbocycles. The van der Waals surface area contributed by atoms with Crippen LogP contribution in [-0.4, -0.2) is 46.1 Å². The molecule has 1 aliphatic rings. The van der Waals surface area contributed by atoms with Gasteiger partial charge in [0.25, 0.3) is 0 Å². The van der Waals surface area contributed by atoms with Crippen molar-refractivity contribution in [3.05, 3.63) is 47.1 Å². The van der Waals surface area contributed by atoms with Crippen molar-refractivity contribution in [2.75, 3.05) is 20.1 Å². The zero-order valence-corrected chi connectivity index (χ0v) is 19.2. The molecule has 2 heterocycles. The van der Waals surface area contributed by atoms with E-state index in [1.165, 1.54) is 50.5 Å². The number of allylic oxidation sites excluding steroid dienone is 5. The fourth-order valence-corrected chi connectivity index (χ4v) is 3.52. The van der Waals surface area contributed by atoms with Gasteiger partial charge < -0.3 is 9.77 Å². The monoisotopic (exact) mass is 416 g/mol. The van der Waals surface area contributed by atoms with Crippen molar-refractivity contribution >= 4 is 12.4 Å². The maximum atomic E-state index is 10.7. The molecule has 1 aromatic rings. The van der Waals surface area contributed by atoms with Crippen LogP contribution in [0, 0.1) is 0 Å². The number of hydrogen-bond acceptors (Lipinski definition) is 5. The molecule has 0 aliphatic carbocycles. The lowest BCUT2D eigenvalue weighted by molar-refractivity contribution is -0.104. The molecule has 0 amide bonds. The molecule has 1 aromatic heterocycles. The summed E-state index contributed by atoms with van der Waals surface area (Å²) in [5.41, 5.74) is 5.38. The first kappa shape index (κ1) is 26.0. The Morgan fingerprint density at radius 3 is 2.57 bits per heavy atom. The van der Waals surface area contributed by atoms with Gasteiger partial charge >= 0.3 is 0 Å². The van der Waals surface area contributed by atoms with Crippen LogP contribution < -0.4 is 5.48 Å². The number of fused-ring (bicyclic) bond motifs is 1. The maximum absolute atomic E-state index is 10.7.